The molecular weight excluding hydrogens is 565 g/mol. The molecule has 1 aliphatic heterocycles. The van der Waals surface area contributed by atoms with E-state index in [2.05, 4.69) is 5.32 Å². The van der Waals surface area contributed by atoms with Crippen LogP contribution in [0.1, 0.15) is 51.0 Å². The molecule has 0 spiro atoms. The number of nitrogens with one attached hydrogen (secondary N) is 1. The first-order valence-corrected chi connectivity index (χ1v) is 15.5. The second kappa shape index (κ2) is 12.7. The summed E-state index contributed by atoms with van der Waals surface area (Å²) in [7, 11) is -3.63. The van der Waals surface area contributed by atoms with E-state index in [0.717, 1.165) is 37.5 Å². The van der Waals surface area contributed by atoms with Crippen LogP contribution in [-0.4, -0.2) is 56.8 Å². The van der Waals surface area contributed by atoms with Crippen LogP contribution in [-0.2, 0) is 26.2 Å². The van der Waals surface area contributed by atoms with E-state index in [-0.39, 0.29) is 50.6 Å². The normalized spacial score (nSPS) is 15.7. The lowest BCUT2D eigenvalue weighted by atomic mass is 10.1. The number of halogens is 2. The summed E-state index contributed by atoms with van der Waals surface area (Å²) >= 11 is 12.3. The molecule has 2 aromatic rings. The van der Waals surface area contributed by atoms with E-state index in [1.165, 1.54) is 9.21 Å². The van der Waals surface area contributed by atoms with Gasteiger partial charge in [0, 0.05) is 31.6 Å². The molecule has 0 saturated heterocycles. The zero-order valence-electron chi connectivity index (χ0n) is 22.0. The lowest BCUT2D eigenvalue weighted by Crippen LogP contribution is -2.49. The minimum Gasteiger partial charge on any atom is -0.454 e. The average Bonchev–Trinajstić information content (AvgIpc) is 3.57. The van der Waals surface area contributed by atoms with Gasteiger partial charge in [-0.1, -0.05) is 42.1 Å². The molecule has 0 aromatic heterocycles. The van der Waals surface area contributed by atoms with Crippen molar-refractivity contribution in [2.45, 2.75) is 64.1 Å². The number of amides is 2. The second-order valence-electron chi connectivity index (χ2n) is 9.91. The molecule has 1 aliphatic carbocycles. The Morgan fingerprint density at radius 2 is 1.77 bits per heavy atom. The van der Waals surface area contributed by atoms with Gasteiger partial charge in [0.15, 0.2) is 11.5 Å². The molecule has 0 unspecified atom stereocenters. The van der Waals surface area contributed by atoms with Crippen LogP contribution in [0.2, 0.25) is 10.0 Å². The van der Waals surface area contributed by atoms with E-state index >= 15 is 0 Å². The maximum Gasteiger partial charge on any atom is 0.242 e. The first kappa shape index (κ1) is 29.3. The monoisotopic (exact) mass is 597 g/mol. The highest BCUT2D eigenvalue weighted by atomic mass is 35.5. The van der Waals surface area contributed by atoms with Crippen molar-refractivity contribution in [2.24, 2.45) is 0 Å². The zero-order valence-corrected chi connectivity index (χ0v) is 24.3. The van der Waals surface area contributed by atoms with Gasteiger partial charge in [-0.2, -0.15) is 0 Å². The topological polar surface area (TPSA) is 105 Å². The van der Waals surface area contributed by atoms with E-state index < -0.39 is 16.1 Å². The van der Waals surface area contributed by atoms with E-state index in [0.29, 0.717) is 27.2 Å². The number of anilines is 1. The van der Waals surface area contributed by atoms with Gasteiger partial charge in [0.25, 0.3) is 0 Å². The van der Waals surface area contributed by atoms with Gasteiger partial charge in [-0.3, -0.25) is 13.9 Å². The number of ether oxygens (including phenoxy) is 2. The molecular formula is C27H33Cl2N3O6S. The summed E-state index contributed by atoms with van der Waals surface area (Å²) in [6.07, 6.45) is 5.41. The van der Waals surface area contributed by atoms with Gasteiger partial charge in [0.1, 0.15) is 6.04 Å². The first-order valence-electron chi connectivity index (χ1n) is 12.9. The minimum absolute atomic E-state index is 0.0406. The number of carbonyl (C=O) groups is 2. The highest BCUT2D eigenvalue weighted by molar-refractivity contribution is 7.92. The van der Waals surface area contributed by atoms with Crippen LogP contribution in [0.4, 0.5) is 5.69 Å². The Morgan fingerprint density at radius 1 is 1.05 bits per heavy atom. The van der Waals surface area contributed by atoms with Crippen molar-refractivity contribution in [1.82, 2.24) is 10.2 Å². The van der Waals surface area contributed by atoms with E-state index in [9.17, 15) is 18.0 Å². The van der Waals surface area contributed by atoms with Gasteiger partial charge in [0.2, 0.25) is 28.6 Å². The van der Waals surface area contributed by atoms with Crippen molar-refractivity contribution >= 4 is 50.7 Å². The molecule has 0 radical (unpaired) electrons. The largest absolute Gasteiger partial charge is 0.454 e. The molecule has 12 heteroatoms. The Morgan fingerprint density at radius 3 is 2.46 bits per heavy atom. The van der Waals surface area contributed by atoms with Crippen LogP contribution < -0.4 is 19.1 Å². The van der Waals surface area contributed by atoms with Crippen molar-refractivity contribution < 1.29 is 27.5 Å². The summed E-state index contributed by atoms with van der Waals surface area (Å²) in [5, 5.41) is 3.82. The standard InChI is InChI=1S/C27H33Cl2N3O6S/c1-18(27(34)30-20-6-3-4-7-20)31(16-19-9-11-22(28)23(29)14-19)26(33)8-5-13-32(39(2,35)36)21-10-12-24-25(15-21)38-17-37-24/h9-12,14-15,18,20H,3-8,13,16-17H2,1-2H3,(H,30,34)/t18-/m1/s1. The molecule has 4 rings (SSSR count). The smallest absolute Gasteiger partial charge is 0.242 e. The van der Waals surface area contributed by atoms with Crippen molar-refractivity contribution in [1.29, 1.82) is 0 Å². The fourth-order valence-electron chi connectivity index (χ4n) is 4.85. The van der Waals surface area contributed by atoms with Gasteiger partial charge >= 0.3 is 0 Å². The van der Waals surface area contributed by atoms with Gasteiger partial charge in [0.05, 0.1) is 22.0 Å². The third-order valence-corrected chi connectivity index (χ3v) is 8.94. The number of hydrogen-bond acceptors (Lipinski definition) is 6. The van der Waals surface area contributed by atoms with Crippen LogP contribution in [0.3, 0.4) is 0 Å². The molecule has 2 amide bonds. The molecule has 212 valence electrons. The molecule has 1 atom stereocenters. The summed E-state index contributed by atoms with van der Waals surface area (Å²) in [5.74, 6) is 0.528. The fraction of sp³-hybridized carbons (Fsp3) is 0.481. The highest BCUT2D eigenvalue weighted by Gasteiger charge is 2.29. The van der Waals surface area contributed by atoms with E-state index in [1.54, 1.807) is 43.3 Å². The van der Waals surface area contributed by atoms with Crippen LogP contribution >= 0.6 is 23.2 Å². The Labute approximate surface area is 239 Å². The number of fused-ring (bicyclic) bond motifs is 1. The molecule has 1 saturated carbocycles. The summed E-state index contributed by atoms with van der Waals surface area (Å²) < 4.78 is 37.1. The summed E-state index contributed by atoms with van der Waals surface area (Å²) in [6, 6.07) is 9.39. The predicted octanol–water partition coefficient (Wildman–Crippen LogP) is 4.74. The summed E-state index contributed by atoms with van der Waals surface area (Å²) in [4.78, 5) is 28.1. The van der Waals surface area contributed by atoms with Gasteiger partial charge in [-0.15, -0.1) is 0 Å². The van der Waals surface area contributed by atoms with Gasteiger partial charge < -0.3 is 19.7 Å². The molecule has 1 fully saturated rings. The molecule has 2 aromatic carbocycles. The second-order valence-corrected chi connectivity index (χ2v) is 12.6. The lowest BCUT2D eigenvalue weighted by Gasteiger charge is -2.30. The molecule has 0 bridgehead atoms. The maximum atomic E-state index is 13.5. The third kappa shape index (κ3) is 7.49. The van der Waals surface area contributed by atoms with Crippen molar-refractivity contribution in [3.63, 3.8) is 0 Å². The Kier molecular flexibility index (Phi) is 9.51. The zero-order chi connectivity index (χ0) is 28.2. The molecule has 9 nitrogen and oxygen atoms in total. The Balaban J connectivity index is 1.46. The lowest BCUT2D eigenvalue weighted by molar-refractivity contribution is -0.141. The first-order chi connectivity index (χ1) is 18.5. The summed E-state index contributed by atoms with van der Waals surface area (Å²) in [6.45, 7) is 2.02. The van der Waals surface area contributed by atoms with Crippen LogP contribution in [0.15, 0.2) is 36.4 Å². The number of hydrogen-bond donors (Lipinski definition) is 1. The molecule has 39 heavy (non-hydrogen) atoms. The minimum atomic E-state index is -3.63. The van der Waals surface area contributed by atoms with Crippen LogP contribution in [0.25, 0.3) is 0 Å². The van der Waals surface area contributed by atoms with E-state index in [4.69, 9.17) is 32.7 Å². The Bertz CT molecular complexity index is 1320. The summed E-state index contributed by atoms with van der Waals surface area (Å²) in [5.41, 5.74) is 1.16. The highest BCUT2D eigenvalue weighted by Crippen LogP contribution is 2.36. The molecule has 2 aliphatic rings. The van der Waals surface area contributed by atoms with Crippen molar-refractivity contribution in [3.8, 4) is 11.5 Å². The van der Waals surface area contributed by atoms with Crippen molar-refractivity contribution in [3.05, 3.63) is 52.0 Å². The van der Waals surface area contributed by atoms with Gasteiger partial charge in [-0.25, -0.2) is 8.42 Å². The Hall–Kier alpha value is -2.69. The van der Waals surface area contributed by atoms with Gasteiger partial charge in [-0.05, 0) is 56.0 Å². The van der Waals surface area contributed by atoms with Crippen LogP contribution in [0, 0.1) is 0 Å². The van der Waals surface area contributed by atoms with Crippen LogP contribution in [0.5, 0.6) is 11.5 Å². The predicted molar refractivity (Wildman–Crippen MR) is 151 cm³/mol. The van der Waals surface area contributed by atoms with Crippen molar-refractivity contribution in [2.75, 3.05) is 23.9 Å². The molecule has 1 heterocycles. The maximum absolute atomic E-state index is 13.5. The number of benzene rings is 2. The SMILES string of the molecule is C[C@H](C(=O)NC1CCCC1)N(Cc1ccc(Cl)c(Cl)c1)C(=O)CCCN(c1ccc2c(c1)OCO2)S(C)(=O)=O. The average molecular weight is 599 g/mol. The number of sulfonamides is 1. The third-order valence-electron chi connectivity index (χ3n) is 7.00. The number of rotatable bonds is 11. The number of carbonyl (C=O) groups excluding carboxylic acids is 2. The van der Waals surface area contributed by atoms with E-state index in [1.807, 2.05) is 0 Å². The number of nitrogens with zero attached hydrogens (tertiary/aromatic N) is 2. The fourth-order valence-corrected chi connectivity index (χ4v) is 6.13. The quantitative estimate of drug-likeness (QED) is 0.401. The molecule has 1 N–H and O–H groups in total.